The van der Waals surface area contributed by atoms with Crippen molar-refractivity contribution in [1.82, 2.24) is 5.32 Å². The molecular weight excluding hydrogens is 290 g/mol. The molecule has 0 bridgehead atoms. The van der Waals surface area contributed by atoms with E-state index in [1.54, 1.807) is 18.2 Å². The summed E-state index contributed by atoms with van der Waals surface area (Å²) in [4.78, 5) is 22.9. The number of carboxylic acids is 1. The van der Waals surface area contributed by atoms with Crippen LogP contribution >= 0.6 is 0 Å². The second-order valence-corrected chi connectivity index (χ2v) is 6.00. The third-order valence-electron chi connectivity index (χ3n) is 4.25. The summed E-state index contributed by atoms with van der Waals surface area (Å²) < 4.78 is 0. The maximum absolute atomic E-state index is 12.0. The lowest BCUT2D eigenvalue weighted by atomic mass is 10.1. The molecule has 0 aromatic heterocycles. The van der Waals surface area contributed by atoms with Crippen LogP contribution in [-0.2, 0) is 11.2 Å². The van der Waals surface area contributed by atoms with Crippen LogP contribution in [-0.4, -0.2) is 23.5 Å². The zero-order chi connectivity index (χ0) is 16.2. The summed E-state index contributed by atoms with van der Waals surface area (Å²) in [7, 11) is 0. The van der Waals surface area contributed by atoms with Gasteiger partial charge in [0.15, 0.2) is 0 Å². The molecule has 0 spiro atoms. The van der Waals surface area contributed by atoms with Crippen LogP contribution in [0.4, 0.5) is 0 Å². The number of hydrogen-bond donors (Lipinski definition) is 2. The Morgan fingerprint density at radius 2 is 1.87 bits per heavy atom. The highest BCUT2D eigenvalue weighted by Crippen LogP contribution is 2.46. The minimum Gasteiger partial charge on any atom is -0.478 e. The van der Waals surface area contributed by atoms with Crippen molar-refractivity contribution in [2.45, 2.75) is 18.8 Å². The van der Waals surface area contributed by atoms with Gasteiger partial charge in [0.25, 0.3) is 0 Å². The highest BCUT2D eigenvalue weighted by molar-refractivity contribution is 5.88. The Balaban J connectivity index is 1.48. The number of carbonyl (C=O) groups excluding carboxylic acids is 1. The van der Waals surface area contributed by atoms with Gasteiger partial charge in [-0.2, -0.15) is 0 Å². The molecule has 23 heavy (non-hydrogen) atoms. The Hall–Kier alpha value is -2.62. The minimum atomic E-state index is -0.976. The molecule has 1 amide bonds. The van der Waals surface area contributed by atoms with Crippen LogP contribution in [0.3, 0.4) is 0 Å². The number of carboxylic acid groups (broad SMARTS) is 1. The van der Waals surface area contributed by atoms with E-state index in [1.165, 1.54) is 11.6 Å². The maximum atomic E-state index is 12.0. The quantitative estimate of drug-likeness (QED) is 0.862. The molecule has 4 heteroatoms. The first-order valence-electron chi connectivity index (χ1n) is 7.77. The molecule has 0 saturated heterocycles. The van der Waals surface area contributed by atoms with E-state index in [0.717, 1.165) is 12.0 Å². The van der Waals surface area contributed by atoms with Crippen LogP contribution in [0.15, 0.2) is 54.6 Å². The molecule has 2 aromatic carbocycles. The molecule has 0 aliphatic heterocycles. The van der Waals surface area contributed by atoms with Crippen molar-refractivity contribution in [3.63, 3.8) is 0 Å². The SMILES string of the molecule is O=C(Cc1cccc(C(=O)O)c1)NC[C@H]1C[C@@H]1c1ccccc1. The van der Waals surface area contributed by atoms with Crippen LogP contribution in [0.1, 0.15) is 33.8 Å². The summed E-state index contributed by atoms with van der Waals surface area (Å²) in [6, 6.07) is 16.9. The largest absolute Gasteiger partial charge is 0.478 e. The Kier molecular flexibility index (Phi) is 4.42. The van der Waals surface area contributed by atoms with Crippen molar-refractivity contribution < 1.29 is 14.7 Å². The van der Waals surface area contributed by atoms with Crippen LogP contribution in [0.5, 0.6) is 0 Å². The molecule has 2 N–H and O–H groups in total. The van der Waals surface area contributed by atoms with Crippen molar-refractivity contribution in [3.8, 4) is 0 Å². The van der Waals surface area contributed by atoms with Gasteiger partial charge in [-0.3, -0.25) is 4.79 Å². The van der Waals surface area contributed by atoms with Gasteiger partial charge < -0.3 is 10.4 Å². The summed E-state index contributed by atoms with van der Waals surface area (Å²) in [5.41, 5.74) is 2.26. The Morgan fingerprint density at radius 1 is 1.09 bits per heavy atom. The smallest absolute Gasteiger partial charge is 0.335 e. The normalized spacial score (nSPS) is 19.1. The third kappa shape index (κ3) is 3.97. The van der Waals surface area contributed by atoms with Gasteiger partial charge in [-0.1, -0.05) is 42.5 Å². The van der Waals surface area contributed by atoms with Gasteiger partial charge in [0, 0.05) is 6.54 Å². The molecule has 0 heterocycles. The number of amides is 1. The second kappa shape index (κ2) is 6.65. The van der Waals surface area contributed by atoms with E-state index < -0.39 is 5.97 Å². The van der Waals surface area contributed by atoms with E-state index in [-0.39, 0.29) is 17.9 Å². The van der Waals surface area contributed by atoms with Gasteiger partial charge >= 0.3 is 5.97 Å². The third-order valence-corrected chi connectivity index (χ3v) is 4.25. The summed E-state index contributed by atoms with van der Waals surface area (Å²) in [5.74, 6) is 0.0146. The number of aromatic carboxylic acids is 1. The summed E-state index contributed by atoms with van der Waals surface area (Å²) in [5, 5.41) is 11.9. The average Bonchev–Trinajstić information content (AvgIpc) is 3.34. The average molecular weight is 309 g/mol. The van der Waals surface area contributed by atoms with Crippen LogP contribution in [0.25, 0.3) is 0 Å². The van der Waals surface area contributed by atoms with Crippen LogP contribution in [0, 0.1) is 5.92 Å². The van der Waals surface area contributed by atoms with E-state index in [9.17, 15) is 9.59 Å². The first-order chi connectivity index (χ1) is 11.1. The van der Waals surface area contributed by atoms with E-state index in [1.807, 2.05) is 18.2 Å². The Labute approximate surface area is 135 Å². The maximum Gasteiger partial charge on any atom is 0.335 e. The monoisotopic (exact) mass is 309 g/mol. The van der Waals surface area contributed by atoms with Gasteiger partial charge in [0.1, 0.15) is 0 Å². The fourth-order valence-electron chi connectivity index (χ4n) is 2.89. The summed E-state index contributed by atoms with van der Waals surface area (Å²) >= 11 is 0. The molecule has 3 rings (SSSR count). The van der Waals surface area contributed by atoms with Crippen molar-refractivity contribution in [2.75, 3.05) is 6.54 Å². The second-order valence-electron chi connectivity index (χ2n) is 6.00. The highest BCUT2D eigenvalue weighted by Gasteiger charge is 2.37. The van der Waals surface area contributed by atoms with Gasteiger partial charge in [-0.05, 0) is 41.5 Å². The van der Waals surface area contributed by atoms with Crippen LogP contribution in [0.2, 0.25) is 0 Å². The zero-order valence-electron chi connectivity index (χ0n) is 12.7. The van der Waals surface area contributed by atoms with E-state index in [2.05, 4.69) is 17.4 Å². The lowest BCUT2D eigenvalue weighted by molar-refractivity contribution is -0.120. The number of benzene rings is 2. The Bertz CT molecular complexity index is 712. The lowest BCUT2D eigenvalue weighted by Crippen LogP contribution is -2.27. The number of rotatable bonds is 6. The number of carbonyl (C=O) groups is 2. The van der Waals surface area contributed by atoms with E-state index >= 15 is 0 Å². The first kappa shape index (κ1) is 15.3. The first-order valence-corrected chi connectivity index (χ1v) is 7.77. The topological polar surface area (TPSA) is 66.4 Å². The molecule has 1 aliphatic rings. The predicted octanol–water partition coefficient (Wildman–Crippen LogP) is 2.85. The standard InChI is InChI=1S/C19H19NO3/c21-18(10-13-5-4-8-15(9-13)19(22)23)20-12-16-11-17(16)14-6-2-1-3-7-14/h1-9,16-17H,10-12H2,(H,20,21)(H,22,23)/t16-,17-/m1/s1. The molecule has 1 saturated carbocycles. The molecule has 4 nitrogen and oxygen atoms in total. The zero-order valence-corrected chi connectivity index (χ0v) is 12.7. The predicted molar refractivity (Wildman–Crippen MR) is 87.4 cm³/mol. The van der Waals surface area contributed by atoms with Crippen molar-refractivity contribution in [1.29, 1.82) is 0 Å². The Morgan fingerprint density at radius 3 is 2.61 bits per heavy atom. The minimum absolute atomic E-state index is 0.0637. The van der Waals surface area contributed by atoms with E-state index in [4.69, 9.17) is 5.11 Å². The summed E-state index contributed by atoms with van der Waals surface area (Å²) in [6.07, 6.45) is 1.32. The molecule has 1 fully saturated rings. The molecule has 0 radical (unpaired) electrons. The van der Waals surface area contributed by atoms with Crippen molar-refractivity contribution >= 4 is 11.9 Å². The fourth-order valence-corrected chi connectivity index (χ4v) is 2.89. The van der Waals surface area contributed by atoms with Crippen molar-refractivity contribution in [3.05, 3.63) is 71.3 Å². The van der Waals surface area contributed by atoms with Gasteiger partial charge in [-0.15, -0.1) is 0 Å². The van der Waals surface area contributed by atoms with Crippen LogP contribution < -0.4 is 5.32 Å². The fraction of sp³-hybridized carbons (Fsp3) is 0.263. The van der Waals surface area contributed by atoms with Gasteiger partial charge in [-0.25, -0.2) is 4.79 Å². The number of nitrogens with one attached hydrogen (secondary N) is 1. The molecular formula is C19H19NO3. The van der Waals surface area contributed by atoms with Gasteiger partial charge in [0.05, 0.1) is 12.0 Å². The van der Waals surface area contributed by atoms with E-state index in [0.29, 0.717) is 18.4 Å². The van der Waals surface area contributed by atoms with Crippen molar-refractivity contribution in [2.24, 2.45) is 5.92 Å². The lowest BCUT2D eigenvalue weighted by Gasteiger charge is -2.06. The molecule has 2 atom stereocenters. The van der Waals surface area contributed by atoms with Gasteiger partial charge in [0.2, 0.25) is 5.91 Å². The number of hydrogen-bond acceptors (Lipinski definition) is 2. The highest BCUT2D eigenvalue weighted by atomic mass is 16.4. The molecule has 2 aromatic rings. The summed E-state index contributed by atoms with van der Waals surface area (Å²) in [6.45, 7) is 0.678. The molecule has 1 aliphatic carbocycles. The molecule has 0 unspecified atom stereocenters. The molecule has 118 valence electrons.